The maximum Gasteiger partial charge on any atom is 0.165 e. The van der Waals surface area contributed by atoms with E-state index in [0.29, 0.717) is 5.92 Å². The van der Waals surface area contributed by atoms with Gasteiger partial charge in [-0.15, -0.1) is 0 Å². The number of anilines is 1. The quantitative estimate of drug-likeness (QED) is 0.686. The summed E-state index contributed by atoms with van der Waals surface area (Å²) in [5, 5.41) is 18.3. The molecule has 0 amide bonds. The first-order valence-corrected chi connectivity index (χ1v) is 8.19. The van der Waals surface area contributed by atoms with Crippen molar-refractivity contribution in [3.8, 4) is 11.1 Å². The lowest BCUT2D eigenvalue weighted by Gasteiger charge is -2.23. The monoisotopic (exact) mass is 311 g/mol. The predicted octanol–water partition coefficient (Wildman–Crippen LogP) is 2.02. The van der Waals surface area contributed by atoms with E-state index in [1.54, 1.807) is 6.20 Å². The van der Waals surface area contributed by atoms with Crippen LogP contribution in [0.2, 0.25) is 0 Å². The molecule has 0 bridgehead atoms. The summed E-state index contributed by atoms with van der Waals surface area (Å²) >= 11 is 0. The van der Waals surface area contributed by atoms with E-state index in [-0.39, 0.29) is 0 Å². The highest BCUT2D eigenvalue weighted by molar-refractivity contribution is 5.77. The van der Waals surface area contributed by atoms with Crippen LogP contribution < -0.4 is 10.6 Å². The molecule has 1 saturated heterocycles. The van der Waals surface area contributed by atoms with Gasteiger partial charge in [0.2, 0.25) is 0 Å². The van der Waals surface area contributed by atoms with Crippen LogP contribution in [-0.4, -0.2) is 44.4 Å². The number of hydrogen-bond acceptors (Lipinski definition) is 5. The Morgan fingerprint density at radius 3 is 3.09 bits per heavy atom. The van der Waals surface area contributed by atoms with Gasteiger partial charge in [-0.1, -0.05) is 0 Å². The normalized spacial score (nSPS) is 18.4. The summed E-state index contributed by atoms with van der Waals surface area (Å²) in [6, 6.07) is 2.14. The molecule has 7 heteroatoms. The van der Waals surface area contributed by atoms with Gasteiger partial charge in [0.05, 0.1) is 18.1 Å². The molecule has 3 N–H and O–H groups in total. The third-order valence-corrected chi connectivity index (χ3v) is 4.37. The molecule has 1 unspecified atom stereocenters. The molecule has 120 valence electrons. The van der Waals surface area contributed by atoms with E-state index < -0.39 is 0 Å². The van der Waals surface area contributed by atoms with Gasteiger partial charge in [0.1, 0.15) is 5.82 Å². The summed E-state index contributed by atoms with van der Waals surface area (Å²) in [6.07, 6.45) is 7.91. The molecule has 0 aliphatic carbocycles. The van der Waals surface area contributed by atoms with Crippen molar-refractivity contribution in [2.75, 3.05) is 25.0 Å². The van der Waals surface area contributed by atoms with E-state index >= 15 is 0 Å². The smallest absolute Gasteiger partial charge is 0.165 e. The Kier molecular flexibility index (Phi) is 3.70. The van der Waals surface area contributed by atoms with Crippen LogP contribution in [0.3, 0.4) is 0 Å². The molecule has 0 radical (unpaired) electrons. The molecule has 23 heavy (non-hydrogen) atoms. The lowest BCUT2D eigenvalue weighted by molar-refractivity contribution is 0.455. The fraction of sp³-hybridized carbons (Fsp3) is 0.438. The van der Waals surface area contributed by atoms with E-state index in [9.17, 15) is 0 Å². The minimum Gasteiger partial charge on any atom is -0.370 e. The zero-order chi connectivity index (χ0) is 15.6. The minimum absolute atomic E-state index is 0.457. The molecule has 4 rings (SSSR count). The topological polar surface area (TPSA) is 82.9 Å². The highest BCUT2D eigenvalue weighted by Gasteiger charge is 2.20. The first-order valence-electron chi connectivity index (χ1n) is 8.19. The third kappa shape index (κ3) is 2.57. The molecular weight excluding hydrogens is 290 g/mol. The van der Waals surface area contributed by atoms with Gasteiger partial charge in [0, 0.05) is 42.4 Å². The Balaban J connectivity index is 1.85. The lowest BCUT2D eigenvalue weighted by Crippen LogP contribution is -2.29. The van der Waals surface area contributed by atoms with Gasteiger partial charge in [-0.05, 0) is 26.3 Å². The van der Waals surface area contributed by atoms with Crippen molar-refractivity contribution >= 4 is 11.5 Å². The number of fused-ring (bicyclic) bond motifs is 1. The second kappa shape index (κ2) is 6.00. The molecule has 3 aromatic heterocycles. The molecule has 1 fully saturated rings. The first-order chi connectivity index (χ1) is 11.4. The molecule has 1 atom stereocenters. The number of piperidine rings is 1. The molecule has 3 aromatic rings. The van der Waals surface area contributed by atoms with Gasteiger partial charge >= 0.3 is 0 Å². The second-order valence-corrected chi connectivity index (χ2v) is 5.92. The maximum atomic E-state index is 4.94. The molecule has 0 spiro atoms. The van der Waals surface area contributed by atoms with Crippen LogP contribution in [0.25, 0.3) is 16.8 Å². The summed E-state index contributed by atoms with van der Waals surface area (Å²) in [7, 11) is 0. The highest BCUT2D eigenvalue weighted by atomic mass is 15.3. The van der Waals surface area contributed by atoms with E-state index in [0.717, 1.165) is 47.9 Å². The molecule has 1 aliphatic heterocycles. The lowest BCUT2D eigenvalue weighted by atomic mass is 9.96. The van der Waals surface area contributed by atoms with Crippen molar-refractivity contribution in [2.45, 2.75) is 25.7 Å². The zero-order valence-corrected chi connectivity index (χ0v) is 13.2. The second-order valence-electron chi connectivity index (χ2n) is 5.92. The van der Waals surface area contributed by atoms with E-state index in [4.69, 9.17) is 4.98 Å². The van der Waals surface area contributed by atoms with Crippen LogP contribution in [0.1, 0.15) is 31.4 Å². The fourth-order valence-electron chi connectivity index (χ4n) is 3.20. The zero-order valence-electron chi connectivity index (χ0n) is 13.2. The minimum atomic E-state index is 0.457. The molecule has 4 heterocycles. The van der Waals surface area contributed by atoms with Crippen LogP contribution in [-0.2, 0) is 0 Å². The van der Waals surface area contributed by atoms with Gasteiger partial charge in [0.15, 0.2) is 5.65 Å². The van der Waals surface area contributed by atoms with E-state index in [1.165, 1.54) is 12.8 Å². The van der Waals surface area contributed by atoms with Crippen molar-refractivity contribution in [3.05, 3.63) is 30.4 Å². The van der Waals surface area contributed by atoms with Crippen LogP contribution in [0.15, 0.2) is 24.7 Å². The van der Waals surface area contributed by atoms with Crippen LogP contribution >= 0.6 is 0 Å². The fourth-order valence-corrected chi connectivity index (χ4v) is 3.20. The van der Waals surface area contributed by atoms with Crippen LogP contribution in [0.4, 0.5) is 5.82 Å². The number of rotatable bonds is 4. The largest absolute Gasteiger partial charge is 0.370 e. The average molecular weight is 311 g/mol. The first kappa shape index (κ1) is 14.2. The van der Waals surface area contributed by atoms with Crippen molar-refractivity contribution in [1.29, 1.82) is 0 Å². The van der Waals surface area contributed by atoms with Gasteiger partial charge in [-0.25, -0.2) is 4.98 Å². The van der Waals surface area contributed by atoms with E-state index in [2.05, 4.69) is 38.9 Å². The number of nitrogens with zero attached hydrogens (tertiary/aromatic N) is 4. The van der Waals surface area contributed by atoms with Gasteiger partial charge < -0.3 is 10.6 Å². The molecule has 0 aromatic carbocycles. The number of aromatic amines is 1. The Hall–Kier alpha value is -2.41. The summed E-state index contributed by atoms with van der Waals surface area (Å²) in [5.74, 6) is 1.45. The maximum absolute atomic E-state index is 4.94. The number of aromatic nitrogens is 5. The Labute approximate surface area is 134 Å². The Bertz CT molecular complexity index is 784. The standard InChI is InChI=1S/C16H21N7/c1-2-18-15-6-14(11-4-3-5-17-7-11)22-16-13(10-21-23(15)16)12-8-19-20-9-12/h6,8-11,17-18H,2-5,7H2,1H3,(H,19,20). The van der Waals surface area contributed by atoms with Gasteiger partial charge in [-0.3, -0.25) is 5.10 Å². The van der Waals surface area contributed by atoms with Crippen LogP contribution in [0, 0.1) is 0 Å². The summed E-state index contributed by atoms with van der Waals surface area (Å²) in [6.45, 7) is 5.03. The number of H-pyrrole nitrogens is 1. The van der Waals surface area contributed by atoms with Gasteiger partial charge in [-0.2, -0.15) is 14.7 Å². The molecule has 0 saturated carbocycles. The van der Waals surface area contributed by atoms with Crippen molar-refractivity contribution in [3.63, 3.8) is 0 Å². The number of hydrogen-bond donors (Lipinski definition) is 3. The SMILES string of the molecule is CCNc1cc(C2CCCNC2)nc2c(-c3cn[nH]c3)cnn12. The summed E-state index contributed by atoms with van der Waals surface area (Å²) in [5.41, 5.74) is 4.02. The summed E-state index contributed by atoms with van der Waals surface area (Å²) < 4.78 is 1.88. The molecule has 7 nitrogen and oxygen atoms in total. The van der Waals surface area contributed by atoms with Crippen LogP contribution in [0.5, 0.6) is 0 Å². The average Bonchev–Trinajstić information content (AvgIpc) is 3.25. The molecule has 1 aliphatic rings. The van der Waals surface area contributed by atoms with E-state index in [1.807, 2.05) is 16.9 Å². The van der Waals surface area contributed by atoms with Crippen molar-refractivity contribution in [2.24, 2.45) is 0 Å². The Morgan fingerprint density at radius 2 is 2.35 bits per heavy atom. The highest BCUT2D eigenvalue weighted by Crippen LogP contribution is 2.29. The summed E-state index contributed by atoms with van der Waals surface area (Å²) in [4.78, 5) is 4.94. The third-order valence-electron chi connectivity index (χ3n) is 4.37. The number of nitrogens with one attached hydrogen (secondary N) is 3. The van der Waals surface area contributed by atoms with Crippen molar-refractivity contribution in [1.82, 2.24) is 30.1 Å². The van der Waals surface area contributed by atoms with Gasteiger partial charge in [0.25, 0.3) is 0 Å². The predicted molar refractivity (Wildman–Crippen MR) is 89.6 cm³/mol. The van der Waals surface area contributed by atoms with Crippen molar-refractivity contribution < 1.29 is 0 Å². The Morgan fingerprint density at radius 1 is 1.39 bits per heavy atom. The molecular formula is C16H21N7.